The lowest BCUT2D eigenvalue weighted by Gasteiger charge is -2.07. The van der Waals surface area contributed by atoms with Gasteiger partial charge < -0.3 is 5.32 Å². The highest BCUT2D eigenvalue weighted by Crippen LogP contribution is 2.32. The van der Waals surface area contributed by atoms with Gasteiger partial charge in [0, 0.05) is 11.2 Å². The van der Waals surface area contributed by atoms with Gasteiger partial charge in [0.05, 0.1) is 38.2 Å². The zero-order chi connectivity index (χ0) is 17.3. The molecule has 0 aliphatic rings. The summed E-state index contributed by atoms with van der Waals surface area (Å²) < 4.78 is 1.57. The number of amides is 1. The van der Waals surface area contributed by atoms with E-state index in [9.17, 15) is 4.79 Å². The number of benzene rings is 2. The molecule has 0 unspecified atom stereocenters. The number of hydrogen-bond donors (Lipinski definition) is 1. The number of carbonyl (C=O) groups excluding carboxylic acids is 1. The van der Waals surface area contributed by atoms with E-state index in [0.29, 0.717) is 31.3 Å². The third-order valence-electron chi connectivity index (χ3n) is 3.19. The van der Waals surface area contributed by atoms with Gasteiger partial charge in [-0.05, 0) is 36.4 Å². The molecule has 0 saturated carbocycles. The molecule has 0 radical (unpaired) electrons. The first-order valence-electron chi connectivity index (χ1n) is 6.70. The van der Waals surface area contributed by atoms with Crippen LogP contribution in [0, 0.1) is 0 Å². The largest absolute Gasteiger partial charge is 0.320 e. The molecule has 1 amide bonds. The number of hydrogen-bond acceptors (Lipinski definition) is 2. The van der Waals surface area contributed by atoms with Gasteiger partial charge >= 0.3 is 0 Å². The summed E-state index contributed by atoms with van der Waals surface area (Å²) in [6.45, 7) is 0. The number of anilines is 1. The first-order valence-corrected chi connectivity index (χ1v) is 8.22. The van der Waals surface area contributed by atoms with Crippen LogP contribution < -0.4 is 5.32 Å². The molecule has 2 aromatic carbocycles. The molecular weight excluding hydrogens is 392 g/mol. The molecule has 1 N–H and O–H groups in total. The van der Waals surface area contributed by atoms with Crippen LogP contribution in [0.1, 0.15) is 10.4 Å². The molecule has 122 valence electrons. The smallest absolute Gasteiger partial charge is 0.258 e. The van der Waals surface area contributed by atoms with Gasteiger partial charge in [0.2, 0.25) is 0 Å². The zero-order valence-corrected chi connectivity index (χ0v) is 15.0. The molecular formula is C16H9Cl4N3O. The van der Waals surface area contributed by atoms with Gasteiger partial charge in [0.25, 0.3) is 5.91 Å². The Kier molecular flexibility index (Phi) is 5.01. The SMILES string of the molecule is O=C(Nc1cc(Cl)c(Cl)cc1Cl)c1cnn(-c2ccc(Cl)cc2)c1. The third kappa shape index (κ3) is 3.68. The number of carbonyl (C=O) groups is 1. The number of halogens is 4. The van der Waals surface area contributed by atoms with Crippen LogP contribution in [0.15, 0.2) is 48.8 Å². The van der Waals surface area contributed by atoms with E-state index >= 15 is 0 Å². The van der Waals surface area contributed by atoms with Crippen LogP contribution in [-0.4, -0.2) is 15.7 Å². The van der Waals surface area contributed by atoms with Crippen LogP contribution in [0.2, 0.25) is 20.1 Å². The lowest BCUT2D eigenvalue weighted by atomic mass is 10.2. The van der Waals surface area contributed by atoms with E-state index in [-0.39, 0.29) is 5.91 Å². The fourth-order valence-electron chi connectivity index (χ4n) is 1.99. The van der Waals surface area contributed by atoms with Crippen molar-refractivity contribution in [2.45, 2.75) is 0 Å². The second-order valence-electron chi connectivity index (χ2n) is 4.85. The van der Waals surface area contributed by atoms with E-state index in [1.165, 1.54) is 18.3 Å². The first-order chi connectivity index (χ1) is 11.4. The molecule has 0 bridgehead atoms. The van der Waals surface area contributed by atoms with E-state index < -0.39 is 0 Å². The third-order valence-corrected chi connectivity index (χ3v) is 4.48. The standard InChI is InChI=1S/C16H9Cl4N3O/c17-10-1-3-11(4-2-10)23-8-9(7-21-23)16(24)22-15-6-13(19)12(18)5-14(15)20/h1-8H,(H,22,24). The van der Waals surface area contributed by atoms with Crippen LogP contribution >= 0.6 is 46.4 Å². The van der Waals surface area contributed by atoms with Crippen LogP contribution in [0.25, 0.3) is 5.69 Å². The van der Waals surface area contributed by atoms with Crippen molar-refractivity contribution in [3.05, 3.63) is 74.4 Å². The Morgan fingerprint density at radius 1 is 0.958 bits per heavy atom. The summed E-state index contributed by atoms with van der Waals surface area (Å²) in [5, 5.41) is 8.38. The maximum atomic E-state index is 12.3. The van der Waals surface area contributed by atoms with Gasteiger partial charge in [0.15, 0.2) is 0 Å². The Morgan fingerprint density at radius 3 is 2.33 bits per heavy atom. The minimum Gasteiger partial charge on any atom is -0.320 e. The zero-order valence-electron chi connectivity index (χ0n) is 11.9. The van der Waals surface area contributed by atoms with Gasteiger partial charge in [-0.25, -0.2) is 4.68 Å². The number of nitrogens with zero attached hydrogens (tertiary/aromatic N) is 2. The van der Waals surface area contributed by atoms with Crippen molar-refractivity contribution in [1.82, 2.24) is 9.78 Å². The molecule has 4 nitrogen and oxygen atoms in total. The van der Waals surface area contributed by atoms with Crippen LogP contribution in [0.3, 0.4) is 0 Å². The molecule has 0 saturated heterocycles. The summed E-state index contributed by atoms with van der Waals surface area (Å²) in [4.78, 5) is 12.3. The number of nitrogens with one attached hydrogen (secondary N) is 1. The lowest BCUT2D eigenvalue weighted by Crippen LogP contribution is -2.11. The highest BCUT2D eigenvalue weighted by molar-refractivity contribution is 6.44. The van der Waals surface area contributed by atoms with E-state index in [4.69, 9.17) is 46.4 Å². The van der Waals surface area contributed by atoms with Gasteiger partial charge in [-0.3, -0.25) is 4.79 Å². The van der Waals surface area contributed by atoms with Crippen LogP contribution in [-0.2, 0) is 0 Å². The highest BCUT2D eigenvalue weighted by atomic mass is 35.5. The molecule has 3 rings (SSSR count). The fraction of sp³-hybridized carbons (Fsp3) is 0. The summed E-state index contributed by atoms with van der Waals surface area (Å²) in [5.74, 6) is -0.365. The summed E-state index contributed by atoms with van der Waals surface area (Å²) >= 11 is 23.7. The molecule has 0 fully saturated rings. The minimum absolute atomic E-state index is 0.294. The second-order valence-corrected chi connectivity index (χ2v) is 6.51. The summed E-state index contributed by atoms with van der Waals surface area (Å²) in [6, 6.07) is 10.0. The Hall–Kier alpha value is -1.72. The minimum atomic E-state index is -0.365. The second kappa shape index (κ2) is 7.03. The topological polar surface area (TPSA) is 46.9 Å². The molecule has 1 aromatic heterocycles. The van der Waals surface area contributed by atoms with Gasteiger partial charge in [0.1, 0.15) is 0 Å². The first kappa shape index (κ1) is 17.1. The maximum Gasteiger partial charge on any atom is 0.258 e. The van der Waals surface area contributed by atoms with Crippen molar-refractivity contribution in [3.8, 4) is 5.69 Å². The van der Waals surface area contributed by atoms with E-state index in [2.05, 4.69) is 10.4 Å². The average molecular weight is 401 g/mol. The monoisotopic (exact) mass is 399 g/mol. The number of rotatable bonds is 3. The van der Waals surface area contributed by atoms with Crippen molar-refractivity contribution in [1.29, 1.82) is 0 Å². The maximum absolute atomic E-state index is 12.3. The molecule has 0 aliphatic heterocycles. The fourth-order valence-corrected chi connectivity index (χ4v) is 2.71. The quantitative estimate of drug-likeness (QED) is 0.570. The van der Waals surface area contributed by atoms with Gasteiger partial charge in [-0.15, -0.1) is 0 Å². The highest BCUT2D eigenvalue weighted by Gasteiger charge is 2.13. The van der Waals surface area contributed by atoms with Crippen molar-refractivity contribution in [2.24, 2.45) is 0 Å². The van der Waals surface area contributed by atoms with Crippen LogP contribution in [0.4, 0.5) is 5.69 Å². The Morgan fingerprint density at radius 2 is 1.62 bits per heavy atom. The Labute approximate surface area is 157 Å². The van der Waals surface area contributed by atoms with E-state index in [0.717, 1.165) is 5.69 Å². The lowest BCUT2D eigenvalue weighted by molar-refractivity contribution is 0.102. The van der Waals surface area contributed by atoms with Gasteiger partial charge in [-0.2, -0.15) is 5.10 Å². The van der Waals surface area contributed by atoms with Crippen molar-refractivity contribution in [2.75, 3.05) is 5.32 Å². The molecule has 8 heteroatoms. The van der Waals surface area contributed by atoms with Crippen molar-refractivity contribution in [3.63, 3.8) is 0 Å². The van der Waals surface area contributed by atoms with Crippen molar-refractivity contribution < 1.29 is 4.79 Å². The summed E-state index contributed by atoms with van der Waals surface area (Å²) in [6.07, 6.45) is 3.05. The molecule has 0 aliphatic carbocycles. The van der Waals surface area contributed by atoms with Crippen molar-refractivity contribution >= 4 is 58.0 Å². The Balaban J connectivity index is 1.81. The molecule has 24 heavy (non-hydrogen) atoms. The molecule has 1 heterocycles. The predicted molar refractivity (Wildman–Crippen MR) is 98.0 cm³/mol. The number of aromatic nitrogens is 2. The van der Waals surface area contributed by atoms with E-state index in [1.54, 1.807) is 35.1 Å². The average Bonchev–Trinajstić information content (AvgIpc) is 3.03. The van der Waals surface area contributed by atoms with Gasteiger partial charge in [-0.1, -0.05) is 46.4 Å². The van der Waals surface area contributed by atoms with Crippen LogP contribution in [0.5, 0.6) is 0 Å². The summed E-state index contributed by atoms with van der Waals surface area (Å²) in [5.41, 5.74) is 1.52. The Bertz CT molecular complexity index is 906. The molecule has 0 spiro atoms. The normalized spacial score (nSPS) is 10.7. The molecule has 0 atom stereocenters. The molecule has 3 aromatic rings. The predicted octanol–water partition coefficient (Wildman–Crippen LogP) is 5.74. The van der Waals surface area contributed by atoms with E-state index in [1.807, 2.05) is 0 Å². The summed E-state index contributed by atoms with van der Waals surface area (Å²) in [7, 11) is 0.